The van der Waals surface area contributed by atoms with Crippen molar-refractivity contribution < 1.29 is 26.8 Å². The number of hydrogen-bond acceptors (Lipinski definition) is 4. The van der Waals surface area contributed by atoms with Crippen molar-refractivity contribution in [2.24, 2.45) is 5.41 Å². The topological polar surface area (TPSA) is 71.5 Å². The summed E-state index contributed by atoms with van der Waals surface area (Å²) in [4.78, 5) is 25.7. The molecule has 0 radical (unpaired) electrons. The Labute approximate surface area is 144 Å². The molecule has 1 aromatic carbocycles. The normalized spacial score (nSPS) is 20.7. The molecule has 136 valence electrons. The first-order valence-electron chi connectivity index (χ1n) is 8.22. The van der Waals surface area contributed by atoms with Gasteiger partial charge in [0, 0.05) is 6.42 Å². The third kappa shape index (κ3) is 3.19. The lowest BCUT2D eigenvalue weighted by Gasteiger charge is -2.30. The summed E-state index contributed by atoms with van der Waals surface area (Å²) in [5.74, 6) is -3.87. The van der Waals surface area contributed by atoms with Crippen molar-refractivity contribution in [3.63, 3.8) is 0 Å². The molecule has 5 nitrogen and oxygen atoms in total. The Bertz CT molecular complexity index is 783. The molecule has 0 bridgehead atoms. The van der Waals surface area contributed by atoms with E-state index in [1.807, 2.05) is 0 Å². The van der Waals surface area contributed by atoms with E-state index in [0.717, 1.165) is 44.2 Å². The Morgan fingerprint density at radius 2 is 1.64 bits per heavy atom. The molecule has 1 saturated carbocycles. The molecule has 2 fully saturated rings. The molecule has 1 spiro atoms. The summed E-state index contributed by atoms with van der Waals surface area (Å²) in [6.45, 7) is 0.0361. The van der Waals surface area contributed by atoms with E-state index in [4.69, 9.17) is 0 Å². The fourth-order valence-corrected chi connectivity index (χ4v) is 4.43. The van der Waals surface area contributed by atoms with E-state index in [1.54, 1.807) is 0 Å². The zero-order valence-electron chi connectivity index (χ0n) is 13.6. The van der Waals surface area contributed by atoms with E-state index in [2.05, 4.69) is 0 Å². The van der Waals surface area contributed by atoms with Crippen molar-refractivity contribution >= 4 is 21.7 Å². The predicted octanol–water partition coefficient (Wildman–Crippen LogP) is 2.89. The Morgan fingerprint density at radius 3 is 2.20 bits per heavy atom. The van der Waals surface area contributed by atoms with E-state index in [0.29, 0.717) is 5.56 Å². The molecular weight excluding hydrogens is 352 g/mol. The molecule has 2 aliphatic rings. The first-order chi connectivity index (χ1) is 11.8. The quantitative estimate of drug-likeness (QED) is 0.763. The number of carbonyl (C=O) groups excluding carboxylic acids is 2. The van der Waals surface area contributed by atoms with Crippen LogP contribution in [-0.2, 0) is 26.0 Å². The smallest absolute Gasteiger partial charge is 0.278 e. The molecule has 8 heteroatoms. The summed E-state index contributed by atoms with van der Waals surface area (Å²) in [6, 6.07) is 4.89. The highest BCUT2D eigenvalue weighted by Crippen LogP contribution is 2.45. The lowest BCUT2D eigenvalue weighted by Crippen LogP contribution is -2.36. The second-order valence-electron chi connectivity index (χ2n) is 6.75. The fraction of sp³-hybridized carbons (Fsp3) is 0.529. The van der Waals surface area contributed by atoms with Crippen LogP contribution in [0.25, 0.3) is 0 Å². The molecule has 1 aliphatic carbocycles. The van der Waals surface area contributed by atoms with Crippen LogP contribution in [0.4, 0.5) is 8.78 Å². The van der Waals surface area contributed by atoms with Crippen LogP contribution in [0.5, 0.6) is 0 Å². The molecular formula is C17H19F2NO4S. The molecule has 1 heterocycles. The third-order valence-corrected chi connectivity index (χ3v) is 6.53. The number of amides is 2. The average molecular weight is 371 g/mol. The van der Waals surface area contributed by atoms with Crippen molar-refractivity contribution in [1.29, 1.82) is 0 Å². The van der Waals surface area contributed by atoms with Crippen molar-refractivity contribution in [3.05, 3.63) is 29.8 Å². The number of likely N-dealkylation sites (tertiary alicyclic amines) is 1. The Balaban J connectivity index is 1.76. The van der Waals surface area contributed by atoms with Crippen LogP contribution in [0.2, 0.25) is 0 Å². The van der Waals surface area contributed by atoms with Gasteiger partial charge in [-0.15, -0.1) is 0 Å². The average Bonchev–Trinajstić information content (AvgIpc) is 2.80. The van der Waals surface area contributed by atoms with Gasteiger partial charge in [0.2, 0.25) is 21.7 Å². The first-order valence-corrected chi connectivity index (χ1v) is 9.77. The Morgan fingerprint density at radius 1 is 1.04 bits per heavy atom. The summed E-state index contributed by atoms with van der Waals surface area (Å²) in [7, 11) is -4.65. The summed E-state index contributed by atoms with van der Waals surface area (Å²) in [6.07, 6.45) is 4.62. The number of halogens is 2. The van der Waals surface area contributed by atoms with Gasteiger partial charge in [0.1, 0.15) is 0 Å². The van der Waals surface area contributed by atoms with Crippen molar-refractivity contribution in [3.8, 4) is 0 Å². The van der Waals surface area contributed by atoms with E-state index in [1.165, 1.54) is 17.0 Å². The van der Waals surface area contributed by atoms with Gasteiger partial charge in [-0.1, -0.05) is 31.4 Å². The van der Waals surface area contributed by atoms with Crippen molar-refractivity contribution in [2.45, 2.75) is 55.7 Å². The first kappa shape index (κ1) is 18.0. The van der Waals surface area contributed by atoms with Crippen LogP contribution in [0, 0.1) is 5.41 Å². The van der Waals surface area contributed by atoms with Crippen molar-refractivity contribution in [1.82, 2.24) is 4.90 Å². The van der Waals surface area contributed by atoms with Crippen LogP contribution >= 0.6 is 0 Å². The van der Waals surface area contributed by atoms with Gasteiger partial charge in [-0.05, 0) is 30.5 Å². The number of benzene rings is 1. The summed E-state index contributed by atoms with van der Waals surface area (Å²) >= 11 is 0. The van der Waals surface area contributed by atoms with Gasteiger partial charge in [-0.2, -0.15) is 8.78 Å². The fourth-order valence-electron chi connectivity index (χ4n) is 3.71. The number of sulfone groups is 1. The van der Waals surface area contributed by atoms with E-state index >= 15 is 0 Å². The van der Waals surface area contributed by atoms with E-state index in [9.17, 15) is 26.8 Å². The Hall–Kier alpha value is -1.83. The maximum Gasteiger partial charge on any atom is 0.341 e. The van der Waals surface area contributed by atoms with Gasteiger partial charge in [-0.3, -0.25) is 14.5 Å². The summed E-state index contributed by atoms with van der Waals surface area (Å²) in [5, 5.41) is 0. The summed E-state index contributed by atoms with van der Waals surface area (Å²) < 4.78 is 47.9. The lowest BCUT2D eigenvalue weighted by atomic mass is 9.73. The van der Waals surface area contributed by atoms with Crippen LogP contribution in [-0.4, -0.2) is 30.9 Å². The zero-order valence-corrected chi connectivity index (χ0v) is 14.4. The van der Waals surface area contributed by atoms with Gasteiger partial charge in [-0.25, -0.2) is 8.42 Å². The number of nitrogens with zero attached hydrogens (tertiary/aromatic N) is 1. The number of carbonyl (C=O) groups is 2. The summed E-state index contributed by atoms with van der Waals surface area (Å²) in [5.41, 5.74) is -0.0448. The van der Waals surface area contributed by atoms with Crippen LogP contribution in [0.15, 0.2) is 29.2 Å². The molecule has 0 N–H and O–H groups in total. The maximum atomic E-state index is 12.7. The molecule has 1 saturated heterocycles. The van der Waals surface area contributed by atoms with Gasteiger partial charge in [0.05, 0.1) is 16.9 Å². The molecule has 0 unspecified atom stereocenters. The number of hydrogen-bond donors (Lipinski definition) is 0. The predicted molar refractivity (Wildman–Crippen MR) is 85.3 cm³/mol. The zero-order chi connectivity index (χ0) is 18.2. The molecule has 1 aromatic rings. The highest BCUT2D eigenvalue weighted by Gasteiger charge is 2.51. The number of imide groups is 1. The Kier molecular flexibility index (Phi) is 4.66. The van der Waals surface area contributed by atoms with Gasteiger partial charge in [0.25, 0.3) is 0 Å². The van der Waals surface area contributed by atoms with E-state index in [-0.39, 0.29) is 24.8 Å². The third-order valence-electron chi connectivity index (χ3n) is 5.13. The number of rotatable bonds is 4. The minimum Gasteiger partial charge on any atom is -0.278 e. The molecule has 25 heavy (non-hydrogen) atoms. The second-order valence-corrected chi connectivity index (χ2v) is 8.67. The second kappa shape index (κ2) is 6.48. The lowest BCUT2D eigenvalue weighted by molar-refractivity contribution is -0.142. The molecule has 3 rings (SSSR count). The molecule has 1 aliphatic heterocycles. The molecule has 0 aromatic heterocycles. The standard InChI is InChI=1S/C17H19F2NO4S/c18-16(19)25(23,24)13-6-4-12(5-7-13)11-20-14(21)10-17(15(20)22)8-2-1-3-9-17/h4-7,16H,1-3,8-11H2. The monoisotopic (exact) mass is 371 g/mol. The SMILES string of the molecule is O=C1CC2(CCCCC2)C(=O)N1Cc1ccc(S(=O)(=O)C(F)F)cc1. The van der Waals surface area contributed by atoms with E-state index < -0.39 is 25.9 Å². The van der Waals surface area contributed by atoms with Crippen molar-refractivity contribution in [2.75, 3.05) is 0 Å². The number of alkyl halides is 2. The van der Waals surface area contributed by atoms with Crippen LogP contribution < -0.4 is 0 Å². The van der Waals surface area contributed by atoms with Crippen LogP contribution in [0.1, 0.15) is 44.1 Å². The minimum atomic E-state index is -4.65. The van der Waals surface area contributed by atoms with Gasteiger partial charge >= 0.3 is 5.76 Å². The highest BCUT2D eigenvalue weighted by molar-refractivity contribution is 7.91. The molecule has 2 amide bonds. The highest BCUT2D eigenvalue weighted by atomic mass is 32.2. The molecule has 0 atom stereocenters. The van der Waals surface area contributed by atoms with Crippen LogP contribution in [0.3, 0.4) is 0 Å². The largest absolute Gasteiger partial charge is 0.341 e. The van der Waals surface area contributed by atoms with Gasteiger partial charge < -0.3 is 0 Å². The minimum absolute atomic E-state index is 0.0361. The maximum absolute atomic E-state index is 12.7. The van der Waals surface area contributed by atoms with Gasteiger partial charge in [0.15, 0.2) is 0 Å².